The Morgan fingerprint density at radius 3 is 2.66 bits per heavy atom. The average molecular weight is 512 g/mol. The second kappa shape index (κ2) is 11.3. The molecule has 35 heavy (non-hydrogen) atoms. The van der Waals surface area contributed by atoms with Crippen molar-refractivity contribution in [1.29, 1.82) is 0 Å². The Bertz CT molecular complexity index is 1410. The maximum atomic E-state index is 12.7. The highest BCUT2D eigenvalue weighted by atomic mass is 35.5. The van der Waals surface area contributed by atoms with Crippen molar-refractivity contribution in [3.63, 3.8) is 0 Å². The number of esters is 1. The first-order valence-electron chi connectivity index (χ1n) is 10.8. The molecule has 0 atom stereocenters. The number of aromatic amines is 1. The standard InChI is InChI=1S/C25H22ClN3O5S/c1-2-34-25(32)17-8-6-15(7-9-17)12-33-13-18-14-35-24-20(18)22(30)28-21(29-24)23(31)27-11-16-4-3-5-19(26)10-16/h3-10,14H,2,11-13H2,1H3,(H,27,31)(H,28,29,30). The Morgan fingerprint density at radius 2 is 1.91 bits per heavy atom. The molecule has 8 nitrogen and oxygen atoms in total. The highest BCUT2D eigenvalue weighted by Crippen LogP contribution is 2.22. The minimum Gasteiger partial charge on any atom is -0.462 e. The summed E-state index contributed by atoms with van der Waals surface area (Å²) in [6.45, 7) is 2.83. The smallest absolute Gasteiger partial charge is 0.338 e. The number of H-pyrrole nitrogens is 1. The van der Waals surface area contributed by atoms with Crippen LogP contribution < -0.4 is 10.9 Å². The summed E-state index contributed by atoms with van der Waals surface area (Å²) in [7, 11) is 0. The lowest BCUT2D eigenvalue weighted by molar-refractivity contribution is 0.0526. The minimum absolute atomic E-state index is 0.0551. The van der Waals surface area contributed by atoms with Crippen molar-refractivity contribution in [1.82, 2.24) is 15.3 Å². The molecule has 2 aromatic heterocycles. The molecule has 4 aromatic rings. The van der Waals surface area contributed by atoms with Crippen LogP contribution in [0.4, 0.5) is 0 Å². The summed E-state index contributed by atoms with van der Waals surface area (Å²) >= 11 is 7.24. The third-order valence-corrected chi connectivity index (χ3v) is 6.22. The van der Waals surface area contributed by atoms with Gasteiger partial charge in [-0.1, -0.05) is 35.9 Å². The zero-order valence-corrected chi connectivity index (χ0v) is 20.4. The van der Waals surface area contributed by atoms with Crippen LogP contribution in [-0.4, -0.2) is 28.5 Å². The van der Waals surface area contributed by atoms with Gasteiger partial charge < -0.3 is 19.8 Å². The van der Waals surface area contributed by atoms with Crippen LogP contribution in [0.3, 0.4) is 0 Å². The van der Waals surface area contributed by atoms with E-state index in [1.807, 2.05) is 6.07 Å². The fourth-order valence-electron chi connectivity index (χ4n) is 3.36. The van der Waals surface area contributed by atoms with E-state index in [0.717, 1.165) is 11.1 Å². The van der Waals surface area contributed by atoms with Crippen molar-refractivity contribution in [3.05, 3.63) is 97.4 Å². The molecule has 0 saturated heterocycles. The van der Waals surface area contributed by atoms with Gasteiger partial charge in [-0.05, 0) is 47.7 Å². The van der Waals surface area contributed by atoms with Gasteiger partial charge in [0.2, 0.25) is 5.82 Å². The molecule has 2 aromatic carbocycles. The molecule has 0 aliphatic carbocycles. The number of fused-ring (bicyclic) bond motifs is 1. The molecule has 0 unspecified atom stereocenters. The molecule has 0 radical (unpaired) electrons. The second-order valence-electron chi connectivity index (χ2n) is 7.58. The molecule has 1 amide bonds. The van der Waals surface area contributed by atoms with Crippen LogP contribution >= 0.6 is 22.9 Å². The van der Waals surface area contributed by atoms with Gasteiger partial charge in [-0.15, -0.1) is 11.3 Å². The fourth-order valence-corrected chi connectivity index (χ4v) is 4.50. The summed E-state index contributed by atoms with van der Waals surface area (Å²) in [5.41, 5.74) is 2.47. The Hall–Kier alpha value is -3.53. The number of hydrogen-bond donors (Lipinski definition) is 2. The largest absolute Gasteiger partial charge is 0.462 e. The molecule has 0 fully saturated rings. The zero-order valence-electron chi connectivity index (χ0n) is 18.8. The molecular formula is C25H22ClN3O5S. The van der Waals surface area contributed by atoms with Gasteiger partial charge in [0, 0.05) is 17.1 Å². The van der Waals surface area contributed by atoms with E-state index in [-0.39, 0.29) is 24.9 Å². The van der Waals surface area contributed by atoms with E-state index in [1.54, 1.807) is 54.8 Å². The summed E-state index contributed by atoms with van der Waals surface area (Å²) in [6.07, 6.45) is 0. The zero-order chi connectivity index (χ0) is 24.8. The Morgan fingerprint density at radius 1 is 1.11 bits per heavy atom. The number of carbonyl (C=O) groups excluding carboxylic acids is 2. The Kier molecular flexibility index (Phi) is 7.91. The summed E-state index contributed by atoms with van der Waals surface area (Å²) in [5.74, 6) is -0.907. The topological polar surface area (TPSA) is 110 Å². The van der Waals surface area contributed by atoms with E-state index in [4.69, 9.17) is 21.1 Å². The molecule has 2 N–H and O–H groups in total. The van der Waals surface area contributed by atoms with Crippen LogP contribution in [0.5, 0.6) is 0 Å². The number of ether oxygens (including phenoxy) is 2. The molecule has 180 valence electrons. The van der Waals surface area contributed by atoms with Gasteiger partial charge in [0.15, 0.2) is 0 Å². The lowest BCUT2D eigenvalue weighted by Crippen LogP contribution is -2.27. The first-order chi connectivity index (χ1) is 16.9. The van der Waals surface area contributed by atoms with Gasteiger partial charge in [-0.25, -0.2) is 9.78 Å². The van der Waals surface area contributed by atoms with E-state index >= 15 is 0 Å². The fraction of sp³-hybridized carbons (Fsp3) is 0.200. The van der Waals surface area contributed by atoms with Crippen LogP contribution in [0.2, 0.25) is 5.02 Å². The normalized spacial score (nSPS) is 10.9. The highest BCUT2D eigenvalue weighted by Gasteiger charge is 2.16. The lowest BCUT2D eigenvalue weighted by Gasteiger charge is -2.06. The van der Waals surface area contributed by atoms with Crippen molar-refractivity contribution in [2.75, 3.05) is 6.61 Å². The quantitative estimate of drug-likeness (QED) is 0.321. The number of thiophene rings is 1. The van der Waals surface area contributed by atoms with Crippen molar-refractivity contribution >= 4 is 45.0 Å². The first-order valence-corrected chi connectivity index (χ1v) is 12.1. The highest BCUT2D eigenvalue weighted by molar-refractivity contribution is 7.16. The van der Waals surface area contributed by atoms with Crippen LogP contribution in [0.1, 0.15) is 44.6 Å². The number of rotatable bonds is 9. The number of benzene rings is 2. The second-order valence-corrected chi connectivity index (χ2v) is 8.87. The number of hydrogen-bond acceptors (Lipinski definition) is 7. The number of nitrogens with one attached hydrogen (secondary N) is 2. The Labute approximate surface area is 209 Å². The number of aromatic nitrogens is 2. The van der Waals surface area contributed by atoms with Gasteiger partial charge >= 0.3 is 5.97 Å². The maximum Gasteiger partial charge on any atom is 0.338 e. The van der Waals surface area contributed by atoms with Crippen LogP contribution in [0.25, 0.3) is 10.2 Å². The van der Waals surface area contributed by atoms with E-state index in [9.17, 15) is 14.4 Å². The SMILES string of the molecule is CCOC(=O)c1ccc(COCc2csc3nc(C(=O)NCc4cccc(Cl)c4)[nH]c(=O)c23)cc1. The predicted octanol–water partition coefficient (Wildman–Crippen LogP) is 4.46. The van der Waals surface area contributed by atoms with E-state index in [0.29, 0.717) is 39.6 Å². The molecule has 0 spiro atoms. The third-order valence-electron chi connectivity index (χ3n) is 5.07. The number of amides is 1. The van der Waals surface area contributed by atoms with E-state index in [2.05, 4.69) is 15.3 Å². The van der Waals surface area contributed by atoms with Crippen molar-refractivity contribution in [2.45, 2.75) is 26.7 Å². The molecule has 0 aliphatic heterocycles. The summed E-state index contributed by atoms with van der Waals surface area (Å²) in [4.78, 5) is 44.3. The van der Waals surface area contributed by atoms with Gasteiger partial charge in [-0.3, -0.25) is 9.59 Å². The summed E-state index contributed by atoms with van der Waals surface area (Å²) < 4.78 is 10.7. The van der Waals surface area contributed by atoms with Gasteiger partial charge in [-0.2, -0.15) is 0 Å². The molecule has 4 rings (SSSR count). The molecule has 10 heteroatoms. The van der Waals surface area contributed by atoms with Gasteiger partial charge in [0.1, 0.15) is 4.83 Å². The van der Waals surface area contributed by atoms with Crippen molar-refractivity contribution in [3.8, 4) is 0 Å². The first kappa shape index (κ1) is 24.6. The van der Waals surface area contributed by atoms with Gasteiger partial charge in [0.25, 0.3) is 11.5 Å². The summed E-state index contributed by atoms with van der Waals surface area (Å²) in [6, 6.07) is 14.1. The minimum atomic E-state index is -0.485. The predicted molar refractivity (Wildman–Crippen MR) is 134 cm³/mol. The van der Waals surface area contributed by atoms with Crippen LogP contribution in [0.15, 0.2) is 58.7 Å². The van der Waals surface area contributed by atoms with E-state index < -0.39 is 11.5 Å². The molecule has 0 aliphatic rings. The van der Waals surface area contributed by atoms with Crippen LogP contribution in [-0.2, 0) is 29.2 Å². The summed E-state index contributed by atoms with van der Waals surface area (Å²) in [5, 5.41) is 5.51. The van der Waals surface area contributed by atoms with Crippen molar-refractivity contribution in [2.24, 2.45) is 0 Å². The molecule has 0 saturated carbocycles. The Balaban J connectivity index is 1.38. The maximum absolute atomic E-state index is 12.7. The molecule has 0 bridgehead atoms. The number of carbonyl (C=O) groups is 2. The van der Waals surface area contributed by atoms with Crippen LogP contribution in [0, 0.1) is 0 Å². The molecular weight excluding hydrogens is 490 g/mol. The van der Waals surface area contributed by atoms with E-state index in [1.165, 1.54) is 11.3 Å². The number of halogens is 1. The molecule has 2 heterocycles. The van der Waals surface area contributed by atoms with Gasteiger partial charge in [0.05, 0.1) is 30.8 Å². The van der Waals surface area contributed by atoms with Crippen molar-refractivity contribution < 1.29 is 19.1 Å². The lowest BCUT2D eigenvalue weighted by atomic mass is 10.1. The number of nitrogens with zero attached hydrogens (tertiary/aromatic N) is 1. The monoisotopic (exact) mass is 511 g/mol. The third kappa shape index (κ3) is 6.13. The average Bonchev–Trinajstić information content (AvgIpc) is 3.26.